The Labute approximate surface area is 141 Å². The van der Waals surface area contributed by atoms with E-state index in [9.17, 15) is 8.42 Å². The second kappa shape index (κ2) is 8.34. The lowest BCUT2D eigenvalue weighted by Crippen LogP contribution is -2.25. The van der Waals surface area contributed by atoms with Gasteiger partial charge in [-0.05, 0) is 48.0 Å². The van der Waals surface area contributed by atoms with Crippen molar-refractivity contribution in [1.82, 2.24) is 11.0 Å². The predicted molar refractivity (Wildman–Crippen MR) is 92.6 cm³/mol. The topological polar surface area (TPSA) is 88.7 Å². The van der Waals surface area contributed by atoms with E-state index < -0.39 is 10.0 Å². The van der Waals surface area contributed by atoms with Gasteiger partial charge in [0, 0.05) is 12.7 Å². The number of anilines is 1. The van der Waals surface area contributed by atoms with Gasteiger partial charge in [0.2, 0.25) is 0 Å². The third kappa shape index (κ3) is 4.98. The van der Waals surface area contributed by atoms with E-state index in [1.807, 2.05) is 0 Å². The summed E-state index contributed by atoms with van der Waals surface area (Å²) in [6, 6.07) is 13.1. The first-order chi connectivity index (χ1) is 11.5. The smallest absolute Gasteiger partial charge is 0.261 e. The number of hydrazine groups is 1. The molecular weight excluding hydrogens is 330 g/mol. The summed E-state index contributed by atoms with van der Waals surface area (Å²) < 4.78 is 32.2. The van der Waals surface area contributed by atoms with Gasteiger partial charge in [-0.3, -0.25) is 4.72 Å². The molecule has 0 unspecified atom stereocenters. The minimum atomic E-state index is -3.64. The largest absolute Gasteiger partial charge is 0.497 e. The second-order valence-corrected chi connectivity index (χ2v) is 6.36. The molecule has 24 heavy (non-hydrogen) atoms. The van der Waals surface area contributed by atoms with Crippen molar-refractivity contribution < 1.29 is 18.0 Å². The number of hydrogen-bond acceptors (Lipinski definition) is 6. The third-order valence-electron chi connectivity index (χ3n) is 3.02. The maximum atomic E-state index is 12.3. The van der Waals surface area contributed by atoms with Crippen molar-refractivity contribution in [3.63, 3.8) is 0 Å². The number of benzene rings is 2. The van der Waals surface area contributed by atoms with Crippen LogP contribution in [0.3, 0.4) is 0 Å². The average molecular weight is 349 g/mol. The summed E-state index contributed by atoms with van der Waals surface area (Å²) in [6.07, 6.45) is 3.19. The molecule has 2 aromatic rings. The quantitative estimate of drug-likeness (QED) is 0.384. The van der Waals surface area contributed by atoms with Crippen LogP contribution in [0.5, 0.6) is 5.75 Å². The first-order valence-corrected chi connectivity index (χ1v) is 8.54. The molecule has 0 bridgehead atoms. The monoisotopic (exact) mass is 349 g/mol. The Hall–Kier alpha value is -2.55. The SMILES string of the molecule is CNNO/C=C/c1ccc(NS(=O)(=O)c2ccc(OC)cc2)cc1. The van der Waals surface area contributed by atoms with E-state index in [4.69, 9.17) is 9.57 Å². The van der Waals surface area contributed by atoms with Gasteiger partial charge in [0.25, 0.3) is 10.0 Å². The van der Waals surface area contributed by atoms with Gasteiger partial charge >= 0.3 is 0 Å². The maximum absolute atomic E-state index is 12.3. The van der Waals surface area contributed by atoms with Crippen molar-refractivity contribution in [3.8, 4) is 5.75 Å². The van der Waals surface area contributed by atoms with Crippen LogP contribution in [0.4, 0.5) is 5.69 Å². The Morgan fingerprint density at radius 3 is 2.25 bits per heavy atom. The van der Waals surface area contributed by atoms with E-state index in [1.165, 1.54) is 25.5 Å². The number of sulfonamides is 1. The number of methoxy groups -OCH3 is 1. The van der Waals surface area contributed by atoms with Crippen LogP contribution in [0.1, 0.15) is 5.56 Å². The average Bonchev–Trinajstić information content (AvgIpc) is 2.60. The Morgan fingerprint density at radius 2 is 1.67 bits per heavy atom. The highest BCUT2D eigenvalue weighted by molar-refractivity contribution is 7.92. The van der Waals surface area contributed by atoms with Crippen LogP contribution < -0.4 is 20.5 Å². The van der Waals surface area contributed by atoms with Gasteiger partial charge < -0.3 is 9.57 Å². The molecular formula is C16H19N3O4S. The summed E-state index contributed by atoms with van der Waals surface area (Å²) >= 11 is 0. The molecule has 0 saturated heterocycles. The van der Waals surface area contributed by atoms with Crippen molar-refractivity contribution in [2.45, 2.75) is 4.90 Å². The van der Waals surface area contributed by atoms with Crippen molar-refractivity contribution in [2.24, 2.45) is 0 Å². The van der Waals surface area contributed by atoms with Gasteiger partial charge in [-0.15, -0.1) is 0 Å². The first-order valence-electron chi connectivity index (χ1n) is 7.06. The number of rotatable bonds is 8. The molecule has 0 amide bonds. The van der Waals surface area contributed by atoms with Crippen molar-refractivity contribution in [1.29, 1.82) is 0 Å². The van der Waals surface area contributed by atoms with Gasteiger partial charge in [0.1, 0.15) is 12.0 Å². The second-order valence-electron chi connectivity index (χ2n) is 4.68. The zero-order valence-corrected chi connectivity index (χ0v) is 14.1. The molecule has 0 fully saturated rings. The first kappa shape index (κ1) is 17.8. The van der Waals surface area contributed by atoms with E-state index >= 15 is 0 Å². The van der Waals surface area contributed by atoms with E-state index in [-0.39, 0.29) is 4.90 Å². The van der Waals surface area contributed by atoms with Gasteiger partial charge in [0.15, 0.2) is 0 Å². The highest BCUT2D eigenvalue weighted by atomic mass is 32.2. The van der Waals surface area contributed by atoms with Crippen LogP contribution in [0, 0.1) is 0 Å². The van der Waals surface area contributed by atoms with E-state index in [0.29, 0.717) is 11.4 Å². The van der Waals surface area contributed by atoms with Crippen LogP contribution in [0.15, 0.2) is 59.7 Å². The molecule has 0 aliphatic carbocycles. The Bertz CT molecular complexity index is 772. The van der Waals surface area contributed by atoms with E-state index in [2.05, 4.69) is 15.7 Å². The molecule has 128 valence electrons. The lowest BCUT2D eigenvalue weighted by molar-refractivity contribution is 0.104. The van der Waals surface area contributed by atoms with Crippen molar-refractivity contribution >= 4 is 21.8 Å². The van der Waals surface area contributed by atoms with E-state index in [0.717, 1.165) is 5.56 Å². The minimum absolute atomic E-state index is 0.166. The summed E-state index contributed by atoms with van der Waals surface area (Å²) in [5.74, 6) is 0.597. The van der Waals surface area contributed by atoms with Crippen LogP contribution in [-0.2, 0) is 14.9 Å². The summed E-state index contributed by atoms with van der Waals surface area (Å²) in [5, 5.41) is 0. The fraction of sp³-hybridized carbons (Fsp3) is 0.125. The molecule has 7 nitrogen and oxygen atoms in total. The molecule has 0 atom stereocenters. The Balaban J connectivity index is 2.05. The molecule has 0 heterocycles. The van der Waals surface area contributed by atoms with Crippen LogP contribution in [0.2, 0.25) is 0 Å². The maximum Gasteiger partial charge on any atom is 0.261 e. The molecule has 3 N–H and O–H groups in total. The molecule has 0 aromatic heterocycles. The number of hydrogen-bond donors (Lipinski definition) is 3. The third-order valence-corrected chi connectivity index (χ3v) is 4.42. The molecule has 8 heteroatoms. The summed E-state index contributed by atoms with van der Waals surface area (Å²) in [4.78, 5) is 5.08. The normalized spacial score (nSPS) is 11.4. The molecule has 2 aromatic carbocycles. The molecule has 0 aliphatic rings. The lowest BCUT2D eigenvalue weighted by Gasteiger charge is -2.09. The fourth-order valence-corrected chi connectivity index (χ4v) is 2.90. The zero-order chi connectivity index (χ0) is 17.4. The molecule has 2 rings (SSSR count). The van der Waals surface area contributed by atoms with Crippen LogP contribution in [0.25, 0.3) is 6.08 Å². The molecule has 0 spiro atoms. The van der Waals surface area contributed by atoms with Crippen molar-refractivity contribution in [2.75, 3.05) is 18.9 Å². The summed E-state index contributed by atoms with van der Waals surface area (Å²) in [6.45, 7) is 0. The highest BCUT2D eigenvalue weighted by Crippen LogP contribution is 2.19. The van der Waals surface area contributed by atoms with Gasteiger partial charge in [-0.1, -0.05) is 17.7 Å². The van der Waals surface area contributed by atoms with Crippen LogP contribution in [-0.4, -0.2) is 22.6 Å². The van der Waals surface area contributed by atoms with Gasteiger partial charge in [0.05, 0.1) is 12.0 Å². The zero-order valence-electron chi connectivity index (χ0n) is 13.3. The van der Waals surface area contributed by atoms with E-state index in [1.54, 1.807) is 49.5 Å². The van der Waals surface area contributed by atoms with Crippen LogP contribution >= 0.6 is 0 Å². The lowest BCUT2D eigenvalue weighted by atomic mass is 10.2. The number of nitrogens with one attached hydrogen (secondary N) is 3. The Morgan fingerprint density at radius 1 is 1.00 bits per heavy atom. The predicted octanol–water partition coefficient (Wildman–Crippen LogP) is 2.12. The standard InChI is InChI=1S/C16H19N3O4S/c1-17-19-23-12-11-13-3-5-14(6-4-13)18-24(20,21)16-9-7-15(22-2)8-10-16/h3-12,17-19H,1-2H3/b12-11+. The minimum Gasteiger partial charge on any atom is -0.497 e. The number of ether oxygens (including phenoxy) is 1. The fourth-order valence-electron chi connectivity index (χ4n) is 1.84. The van der Waals surface area contributed by atoms with Crippen molar-refractivity contribution in [3.05, 3.63) is 60.4 Å². The summed E-state index contributed by atoms with van der Waals surface area (Å²) in [5.41, 5.74) is 6.38. The molecule has 0 aliphatic heterocycles. The van der Waals surface area contributed by atoms with Gasteiger partial charge in [-0.25, -0.2) is 13.8 Å². The molecule has 0 radical (unpaired) electrons. The van der Waals surface area contributed by atoms with Gasteiger partial charge in [-0.2, -0.15) is 0 Å². The highest BCUT2D eigenvalue weighted by Gasteiger charge is 2.13. The Kier molecular flexibility index (Phi) is 6.19. The molecule has 0 saturated carbocycles. The summed E-state index contributed by atoms with van der Waals surface area (Å²) in [7, 11) is -0.438.